The lowest BCUT2D eigenvalue weighted by molar-refractivity contribution is -0.132. The van der Waals surface area contributed by atoms with Crippen LogP contribution in [0.3, 0.4) is 0 Å². The van der Waals surface area contributed by atoms with E-state index in [1.165, 1.54) is 12.8 Å². The maximum atomic E-state index is 12.2. The molecule has 22 heavy (non-hydrogen) atoms. The molecule has 1 aromatic rings. The number of rotatable bonds is 4. The van der Waals surface area contributed by atoms with Gasteiger partial charge >= 0.3 is 0 Å². The van der Waals surface area contributed by atoms with Gasteiger partial charge in [0.15, 0.2) is 0 Å². The largest absolute Gasteiger partial charge is 0.444 e. The molecule has 0 bridgehead atoms. The van der Waals surface area contributed by atoms with Crippen LogP contribution in [0.15, 0.2) is 4.42 Å². The van der Waals surface area contributed by atoms with E-state index in [9.17, 15) is 4.79 Å². The average molecular weight is 305 g/mol. The third kappa shape index (κ3) is 2.91. The smallest absolute Gasteiger partial charge is 0.222 e. The van der Waals surface area contributed by atoms with Gasteiger partial charge in [-0.2, -0.15) is 0 Å². The Labute approximate surface area is 132 Å². The van der Waals surface area contributed by atoms with Gasteiger partial charge in [-0.15, -0.1) is 0 Å². The van der Waals surface area contributed by atoms with Crippen LogP contribution in [-0.4, -0.2) is 45.9 Å². The third-order valence-electron chi connectivity index (χ3n) is 5.19. The number of aromatic nitrogens is 1. The molecule has 2 fully saturated rings. The standard InChI is InChI=1S/C17H27N3O2/c1-4-17(21)20-10-6-8-15(20)14-7-5-9-19(14)11-16-18-12(2)13(3)22-16/h14-15H,4-11H2,1-3H3. The molecular formula is C17H27N3O2. The maximum absolute atomic E-state index is 12.2. The van der Waals surface area contributed by atoms with Crippen LogP contribution in [-0.2, 0) is 11.3 Å². The molecule has 5 nitrogen and oxygen atoms in total. The summed E-state index contributed by atoms with van der Waals surface area (Å²) in [5, 5.41) is 0. The van der Waals surface area contributed by atoms with Gasteiger partial charge in [0.05, 0.1) is 12.2 Å². The van der Waals surface area contributed by atoms with Gasteiger partial charge in [0.25, 0.3) is 0 Å². The number of amides is 1. The molecule has 0 N–H and O–H groups in total. The molecule has 1 aromatic heterocycles. The van der Waals surface area contributed by atoms with Gasteiger partial charge in [0.1, 0.15) is 5.76 Å². The Morgan fingerprint density at radius 1 is 1.23 bits per heavy atom. The molecule has 5 heteroatoms. The first-order chi connectivity index (χ1) is 10.6. The van der Waals surface area contributed by atoms with Crippen LogP contribution in [0.1, 0.15) is 56.4 Å². The van der Waals surface area contributed by atoms with Gasteiger partial charge in [-0.05, 0) is 46.1 Å². The SMILES string of the molecule is CCC(=O)N1CCCC1C1CCCN1Cc1nc(C)c(C)o1. The number of nitrogens with zero attached hydrogens (tertiary/aromatic N) is 3. The first-order valence-electron chi connectivity index (χ1n) is 8.56. The van der Waals surface area contributed by atoms with Crippen LogP contribution in [0.2, 0.25) is 0 Å². The van der Waals surface area contributed by atoms with E-state index in [0.29, 0.717) is 24.4 Å². The summed E-state index contributed by atoms with van der Waals surface area (Å²) in [5.41, 5.74) is 0.981. The highest BCUT2D eigenvalue weighted by Crippen LogP contribution is 2.31. The Hall–Kier alpha value is -1.36. The van der Waals surface area contributed by atoms with Crippen molar-refractivity contribution in [1.82, 2.24) is 14.8 Å². The minimum atomic E-state index is 0.303. The molecule has 2 aliphatic rings. The lowest BCUT2D eigenvalue weighted by Gasteiger charge is -2.34. The van der Waals surface area contributed by atoms with E-state index in [0.717, 1.165) is 49.8 Å². The van der Waals surface area contributed by atoms with E-state index in [1.54, 1.807) is 0 Å². The summed E-state index contributed by atoms with van der Waals surface area (Å²) in [6.07, 6.45) is 5.26. The van der Waals surface area contributed by atoms with E-state index in [-0.39, 0.29) is 0 Å². The Balaban J connectivity index is 1.71. The predicted octanol–water partition coefficient (Wildman–Crippen LogP) is 2.66. The molecule has 0 aromatic carbocycles. The number of carbonyl (C=O) groups excluding carboxylic acids is 1. The number of likely N-dealkylation sites (tertiary alicyclic amines) is 2. The molecule has 0 spiro atoms. The molecular weight excluding hydrogens is 278 g/mol. The Kier molecular flexibility index (Phi) is 4.52. The van der Waals surface area contributed by atoms with Gasteiger partial charge < -0.3 is 9.32 Å². The van der Waals surface area contributed by atoms with Crippen LogP contribution in [0, 0.1) is 13.8 Å². The zero-order valence-corrected chi connectivity index (χ0v) is 14.0. The lowest BCUT2D eigenvalue weighted by Crippen LogP contribution is -2.47. The van der Waals surface area contributed by atoms with Gasteiger partial charge in [-0.25, -0.2) is 4.98 Å². The van der Waals surface area contributed by atoms with Crippen molar-refractivity contribution in [1.29, 1.82) is 0 Å². The number of aryl methyl sites for hydroxylation is 2. The molecule has 2 unspecified atom stereocenters. The van der Waals surface area contributed by atoms with E-state index in [4.69, 9.17) is 4.42 Å². The van der Waals surface area contributed by atoms with Crippen LogP contribution in [0.4, 0.5) is 0 Å². The summed E-state index contributed by atoms with van der Waals surface area (Å²) >= 11 is 0. The fourth-order valence-corrected chi connectivity index (χ4v) is 3.97. The molecule has 3 heterocycles. The molecule has 0 aliphatic carbocycles. The minimum absolute atomic E-state index is 0.303. The maximum Gasteiger partial charge on any atom is 0.222 e. The van der Waals surface area contributed by atoms with Crippen molar-refractivity contribution in [2.75, 3.05) is 13.1 Å². The molecule has 2 atom stereocenters. The normalized spacial score (nSPS) is 26.0. The highest BCUT2D eigenvalue weighted by Gasteiger charge is 2.39. The van der Waals surface area contributed by atoms with Crippen molar-refractivity contribution in [2.45, 2.75) is 71.5 Å². The topological polar surface area (TPSA) is 49.6 Å². The van der Waals surface area contributed by atoms with Crippen LogP contribution in [0.25, 0.3) is 0 Å². The minimum Gasteiger partial charge on any atom is -0.444 e. The second-order valence-corrected chi connectivity index (χ2v) is 6.58. The van der Waals surface area contributed by atoms with Crippen molar-refractivity contribution >= 4 is 5.91 Å². The van der Waals surface area contributed by atoms with Gasteiger partial charge in [-0.1, -0.05) is 6.92 Å². The highest BCUT2D eigenvalue weighted by atomic mass is 16.4. The average Bonchev–Trinajstić information content (AvgIpc) is 3.19. The van der Waals surface area contributed by atoms with E-state index < -0.39 is 0 Å². The van der Waals surface area contributed by atoms with Crippen LogP contribution >= 0.6 is 0 Å². The van der Waals surface area contributed by atoms with Crippen LogP contribution in [0.5, 0.6) is 0 Å². The highest BCUT2D eigenvalue weighted by molar-refractivity contribution is 5.76. The number of hydrogen-bond donors (Lipinski definition) is 0. The van der Waals surface area contributed by atoms with Crippen molar-refractivity contribution in [3.8, 4) is 0 Å². The number of oxazole rings is 1. The number of hydrogen-bond acceptors (Lipinski definition) is 4. The summed E-state index contributed by atoms with van der Waals surface area (Å²) in [6, 6.07) is 0.845. The first-order valence-corrected chi connectivity index (χ1v) is 8.56. The summed E-state index contributed by atoms with van der Waals surface area (Å²) < 4.78 is 5.75. The molecule has 2 aliphatic heterocycles. The summed E-state index contributed by atoms with van der Waals surface area (Å²) in [5.74, 6) is 2.03. The third-order valence-corrected chi connectivity index (χ3v) is 5.19. The second-order valence-electron chi connectivity index (χ2n) is 6.58. The first kappa shape index (κ1) is 15.5. The van der Waals surface area contributed by atoms with Crippen LogP contribution < -0.4 is 0 Å². The van der Waals surface area contributed by atoms with Crippen molar-refractivity contribution in [3.05, 3.63) is 17.3 Å². The zero-order chi connectivity index (χ0) is 15.7. The monoisotopic (exact) mass is 305 g/mol. The predicted molar refractivity (Wildman–Crippen MR) is 84.4 cm³/mol. The zero-order valence-electron chi connectivity index (χ0n) is 14.0. The summed E-state index contributed by atoms with van der Waals surface area (Å²) in [4.78, 5) is 21.3. The Morgan fingerprint density at radius 2 is 1.95 bits per heavy atom. The van der Waals surface area contributed by atoms with E-state index >= 15 is 0 Å². The fraction of sp³-hybridized carbons (Fsp3) is 0.765. The van der Waals surface area contributed by atoms with Crippen molar-refractivity contribution < 1.29 is 9.21 Å². The Bertz CT molecular complexity index is 521. The van der Waals surface area contributed by atoms with Gasteiger partial charge in [-0.3, -0.25) is 9.69 Å². The second kappa shape index (κ2) is 6.41. The molecule has 1 amide bonds. The molecule has 0 radical (unpaired) electrons. The van der Waals surface area contributed by atoms with E-state index in [1.807, 2.05) is 20.8 Å². The molecule has 3 rings (SSSR count). The van der Waals surface area contributed by atoms with E-state index in [2.05, 4.69) is 14.8 Å². The lowest BCUT2D eigenvalue weighted by atomic mass is 10.0. The van der Waals surface area contributed by atoms with Gasteiger partial charge in [0, 0.05) is 25.0 Å². The van der Waals surface area contributed by atoms with Crippen molar-refractivity contribution in [3.63, 3.8) is 0 Å². The van der Waals surface area contributed by atoms with Crippen molar-refractivity contribution in [2.24, 2.45) is 0 Å². The summed E-state index contributed by atoms with van der Waals surface area (Å²) in [6.45, 7) is 8.69. The number of carbonyl (C=O) groups is 1. The Morgan fingerprint density at radius 3 is 2.64 bits per heavy atom. The molecule has 0 saturated carbocycles. The molecule has 122 valence electrons. The molecule has 2 saturated heterocycles. The van der Waals surface area contributed by atoms with Gasteiger partial charge in [0.2, 0.25) is 11.8 Å². The fourth-order valence-electron chi connectivity index (χ4n) is 3.97. The summed E-state index contributed by atoms with van der Waals surface area (Å²) in [7, 11) is 0. The quantitative estimate of drug-likeness (QED) is 0.858.